The highest BCUT2D eigenvalue weighted by atomic mass is 16.6. The molecule has 0 radical (unpaired) electrons. The highest BCUT2D eigenvalue weighted by molar-refractivity contribution is 5.82. The van der Waals surface area contributed by atoms with E-state index in [9.17, 15) is 14.7 Å². The molecule has 3 aromatic carbocycles. The van der Waals surface area contributed by atoms with Crippen molar-refractivity contribution in [1.82, 2.24) is 24.8 Å². The van der Waals surface area contributed by atoms with E-state index >= 15 is 0 Å². The number of aliphatic hydroxyl groups is 1. The summed E-state index contributed by atoms with van der Waals surface area (Å²) in [6.07, 6.45) is -2.79. The molecule has 0 saturated carbocycles. The first-order valence-corrected chi connectivity index (χ1v) is 18.7. The molecule has 0 spiro atoms. The minimum Gasteiger partial charge on any atom is -0.497 e. The first-order chi connectivity index (χ1) is 27.2. The van der Waals surface area contributed by atoms with Crippen molar-refractivity contribution in [2.24, 2.45) is 5.92 Å². The van der Waals surface area contributed by atoms with Gasteiger partial charge in [0.1, 0.15) is 52.8 Å². The van der Waals surface area contributed by atoms with Gasteiger partial charge in [-0.25, -0.2) is 24.5 Å². The molecular formula is C42H50N6O9. The smallest absolute Gasteiger partial charge is 0.408 e. The zero-order valence-corrected chi connectivity index (χ0v) is 33.1. The Hall–Kier alpha value is -5.77. The minimum atomic E-state index is -1.43. The van der Waals surface area contributed by atoms with Crippen LogP contribution in [0.1, 0.15) is 64.0 Å². The van der Waals surface area contributed by atoms with Gasteiger partial charge in [-0.2, -0.15) is 0 Å². The van der Waals surface area contributed by atoms with E-state index in [2.05, 4.69) is 20.3 Å². The summed E-state index contributed by atoms with van der Waals surface area (Å²) in [5, 5.41) is 14.8. The molecule has 1 aliphatic rings. The lowest BCUT2D eigenvalue weighted by Crippen LogP contribution is -2.47. The van der Waals surface area contributed by atoms with Gasteiger partial charge in [0.15, 0.2) is 23.8 Å². The Kier molecular flexibility index (Phi) is 12.3. The van der Waals surface area contributed by atoms with Crippen molar-refractivity contribution < 1.29 is 43.1 Å². The number of ether oxygens (including phenoxy) is 6. The van der Waals surface area contributed by atoms with Crippen molar-refractivity contribution in [3.8, 4) is 11.5 Å². The maximum Gasteiger partial charge on any atom is 0.408 e. The monoisotopic (exact) mass is 782 g/mol. The van der Waals surface area contributed by atoms with Gasteiger partial charge in [-0.1, -0.05) is 68.4 Å². The van der Waals surface area contributed by atoms with Crippen LogP contribution in [0.5, 0.6) is 11.5 Å². The first kappa shape index (κ1) is 40.9. The van der Waals surface area contributed by atoms with E-state index in [4.69, 9.17) is 34.2 Å². The summed E-state index contributed by atoms with van der Waals surface area (Å²) >= 11 is 0. The molecule has 57 heavy (non-hydrogen) atoms. The summed E-state index contributed by atoms with van der Waals surface area (Å²) in [5.41, 5.74) is 7.00. The van der Waals surface area contributed by atoms with Gasteiger partial charge in [0.25, 0.3) is 0 Å². The molecule has 15 nitrogen and oxygen atoms in total. The van der Waals surface area contributed by atoms with Gasteiger partial charge in [-0.3, -0.25) is 4.57 Å². The summed E-state index contributed by atoms with van der Waals surface area (Å²) in [6.45, 7) is 8.81. The van der Waals surface area contributed by atoms with E-state index in [-0.39, 0.29) is 24.8 Å². The molecule has 2 aromatic heterocycles. The van der Waals surface area contributed by atoms with E-state index in [1.54, 1.807) is 35.0 Å². The lowest BCUT2D eigenvalue weighted by Gasteiger charge is -2.37. The third-order valence-electron chi connectivity index (χ3n) is 9.55. The van der Waals surface area contributed by atoms with Crippen LogP contribution in [0.2, 0.25) is 0 Å². The summed E-state index contributed by atoms with van der Waals surface area (Å²) < 4.78 is 37.7. The highest BCUT2D eigenvalue weighted by Crippen LogP contribution is 2.43. The molecule has 4 N–H and O–H groups in total. The molecule has 0 bridgehead atoms. The van der Waals surface area contributed by atoms with Gasteiger partial charge < -0.3 is 44.6 Å². The number of amides is 1. The number of carbonyl (C=O) groups excluding carboxylic acids is 2. The van der Waals surface area contributed by atoms with Crippen LogP contribution in [-0.2, 0) is 29.3 Å². The molecule has 1 saturated heterocycles. The second-order valence-electron chi connectivity index (χ2n) is 15.2. The van der Waals surface area contributed by atoms with Gasteiger partial charge in [-0.15, -0.1) is 0 Å². The van der Waals surface area contributed by atoms with Gasteiger partial charge in [0, 0.05) is 0 Å². The molecule has 5 atom stereocenters. The standard InChI is InChI=1S/C42H50N6O9/c1-25(2)21-31(47-40(51)57-41(3,4)5)39(50)56-35-34(49)32(55-38(35)48-24-46-33-36(43)44-23-45-37(33)48)22-54-42(26-11-9-8-10-12-26,27-13-17-29(52-6)18-14-27)28-15-19-30(53-7)20-16-28/h8-20,23-25,31-32,34-35,38,49H,21-22H2,1-7H3,(H,47,51)(H2,43,44,45)/t31-,32?,34?,35?,38?/m1/s1. The second-order valence-corrected chi connectivity index (χ2v) is 15.2. The summed E-state index contributed by atoms with van der Waals surface area (Å²) in [6, 6.07) is 23.7. The average Bonchev–Trinajstić information content (AvgIpc) is 3.75. The molecule has 302 valence electrons. The molecule has 1 aliphatic heterocycles. The fourth-order valence-electron chi connectivity index (χ4n) is 6.90. The lowest BCUT2D eigenvalue weighted by molar-refractivity contribution is -0.161. The number of carbonyl (C=O) groups is 2. The summed E-state index contributed by atoms with van der Waals surface area (Å²) in [5.74, 6) is 0.648. The fraction of sp³-hybridized carbons (Fsp3) is 0.405. The molecule has 6 rings (SSSR count). The molecule has 5 aromatic rings. The van der Waals surface area contributed by atoms with Crippen LogP contribution in [0.3, 0.4) is 0 Å². The molecule has 0 aliphatic carbocycles. The number of fused-ring (bicyclic) bond motifs is 1. The number of nitrogens with one attached hydrogen (secondary N) is 1. The van der Waals surface area contributed by atoms with Crippen LogP contribution in [0, 0.1) is 5.92 Å². The maximum atomic E-state index is 14.0. The van der Waals surface area contributed by atoms with Crippen LogP contribution >= 0.6 is 0 Å². The zero-order chi connectivity index (χ0) is 40.9. The number of anilines is 1. The molecule has 15 heteroatoms. The third-order valence-corrected chi connectivity index (χ3v) is 9.55. The van der Waals surface area contributed by atoms with Crippen molar-refractivity contribution in [1.29, 1.82) is 0 Å². The van der Waals surface area contributed by atoms with Crippen molar-refractivity contribution in [2.75, 3.05) is 26.6 Å². The lowest BCUT2D eigenvalue weighted by atomic mass is 9.80. The largest absolute Gasteiger partial charge is 0.497 e. The Morgan fingerprint density at radius 3 is 2.05 bits per heavy atom. The Labute approximate surface area is 331 Å². The van der Waals surface area contributed by atoms with Gasteiger partial charge in [0.2, 0.25) is 0 Å². The zero-order valence-electron chi connectivity index (χ0n) is 33.1. The van der Waals surface area contributed by atoms with E-state index in [0.717, 1.165) is 16.7 Å². The average molecular weight is 783 g/mol. The number of methoxy groups -OCH3 is 2. The topological polar surface area (TPSA) is 191 Å². The quantitative estimate of drug-likeness (QED) is 0.0941. The molecule has 4 unspecified atom stereocenters. The summed E-state index contributed by atoms with van der Waals surface area (Å²) in [4.78, 5) is 39.7. The van der Waals surface area contributed by atoms with Crippen molar-refractivity contribution in [3.63, 3.8) is 0 Å². The first-order valence-electron chi connectivity index (χ1n) is 18.7. The molecule has 3 heterocycles. The Morgan fingerprint density at radius 2 is 1.49 bits per heavy atom. The predicted molar refractivity (Wildman–Crippen MR) is 210 cm³/mol. The number of nitrogens with two attached hydrogens (primary N) is 1. The van der Waals surface area contributed by atoms with Gasteiger partial charge >= 0.3 is 12.1 Å². The SMILES string of the molecule is COc1ccc(C(OCC2OC(n3cnc4c(N)ncnc43)C(OC(=O)[C@@H](CC(C)C)NC(=O)OC(C)(C)C)C2O)(c2ccccc2)c2ccc(OC)cc2)cc1. The Bertz CT molecular complexity index is 2070. The number of hydrogen-bond donors (Lipinski definition) is 3. The van der Waals surface area contributed by atoms with Crippen LogP contribution in [0.4, 0.5) is 10.6 Å². The van der Waals surface area contributed by atoms with Crippen LogP contribution < -0.4 is 20.5 Å². The number of imidazole rings is 1. The second kappa shape index (κ2) is 17.2. The number of aromatic nitrogens is 4. The molecule has 1 amide bonds. The number of esters is 1. The van der Waals surface area contributed by atoms with Gasteiger partial charge in [-0.05, 0) is 74.1 Å². The van der Waals surface area contributed by atoms with Crippen LogP contribution in [-0.4, -0.2) is 87.5 Å². The number of hydrogen-bond acceptors (Lipinski definition) is 13. The van der Waals surface area contributed by atoms with E-state index in [1.807, 2.05) is 92.7 Å². The van der Waals surface area contributed by atoms with Crippen LogP contribution in [0.15, 0.2) is 91.5 Å². The van der Waals surface area contributed by atoms with Crippen molar-refractivity contribution in [3.05, 3.63) is 108 Å². The predicted octanol–water partition coefficient (Wildman–Crippen LogP) is 5.54. The number of rotatable bonds is 14. The molecular weight excluding hydrogens is 732 g/mol. The number of aliphatic hydroxyl groups excluding tert-OH is 1. The third kappa shape index (κ3) is 8.95. The van der Waals surface area contributed by atoms with Crippen molar-refractivity contribution in [2.45, 2.75) is 82.8 Å². The number of alkyl carbamates (subject to hydrolysis) is 1. The Morgan fingerprint density at radius 1 is 0.895 bits per heavy atom. The summed E-state index contributed by atoms with van der Waals surface area (Å²) in [7, 11) is 3.20. The van der Waals surface area contributed by atoms with E-state index in [0.29, 0.717) is 22.7 Å². The Balaban J connectivity index is 1.39. The number of nitrogens with zero attached hydrogens (tertiary/aromatic N) is 4. The highest BCUT2D eigenvalue weighted by Gasteiger charge is 2.50. The van der Waals surface area contributed by atoms with Crippen LogP contribution in [0.25, 0.3) is 11.2 Å². The maximum absolute atomic E-state index is 14.0. The minimum absolute atomic E-state index is 0.0153. The van der Waals surface area contributed by atoms with E-state index < -0.39 is 53.8 Å². The number of nitrogen functional groups attached to an aromatic ring is 1. The van der Waals surface area contributed by atoms with E-state index in [1.165, 1.54) is 17.2 Å². The fourth-order valence-corrected chi connectivity index (χ4v) is 6.90. The van der Waals surface area contributed by atoms with Gasteiger partial charge in [0.05, 0.1) is 27.2 Å². The normalized spacial score (nSPS) is 19.0. The molecule has 1 fully saturated rings. The van der Waals surface area contributed by atoms with Crippen molar-refractivity contribution >= 4 is 29.0 Å². The number of benzene rings is 3.